The first-order valence-electron chi connectivity index (χ1n) is 9.29. The molecule has 4 atom stereocenters. The lowest BCUT2D eigenvalue weighted by molar-refractivity contribution is -0.155. The van der Waals surface area contributed by atoms with E-state index >= 15 is 0 Å². The number of carbonyl (C=O) groups is 1. The lowest BCUT2D eigenvalue weighted by atomic mass is 9.90. The fraction of sp³-hybridized carbons (Fsp3) is 0.409. The number of unbranched alkanes of at least 4 members (excludes halogenated alkanes) is 1. The Morgan fingerprint density at radius 2 is 1.77 bits per heavy atom. The highest BCUT2D eigenvalue weighted by Gasteiger charge is 2.51. The molecule has 0 radical (unpaired) electrons. The third-order valence-corrected chi connectivity index (χ3v) is 4.80. The minimum absolute atomic E-state index is 0.0302. The van der Waals surface area contributed by atoms with Crippen LogP contribution in [0.15, 0.2) is 60.7 Å². The van der Waals surface area contributed by atoms with Gasteiger partial charge in [-0.1, -0.05) is 80.4 Å². The van der Waals surface area contributed by atoms with Crippen LogP contribution in [0.3, 0.4) is 0 Å². The van der Waals surface area contributed by atoms with Crippen LogP contribution in [0.4, 0.5) is 0 Å². The van der Waals surface area contributed by atoms with E-state index in [0.717, 1.165) is 24.8 Å². The third-order valence-electron chi connectivity index (χ3n) is 4.80. The maximum absolute atomic E-state index is 12.8. The highest BCUT2D eigenvalue weighted by atomic mass is 16.6. The Hall–Kier alpha value is -2.17. The quantitative estimate of drug-likeness (QED) is 0.545. The monoisotopic (exact) mass is 354 g/mol. The topological polar surface area (TPSA) is 59.1 Å². The summed E-state index contributed by atoms with van der Waals surface area (Å²) in [6.07, 6.45) is 1.86. The molecule has 2 aromatic rings. The molecule has 2 aromatic carbocycles. The van der Waals surface area contributed by atoms with Crippen molar-refractivity contribution in [1.29, 1.82) is 0 Å². The Bertz CT molecular complexity index is 686. The summed E-state index contributed by atoms with van der Waals surface area (Å²) in [5.41, 5.74) is 1.63. The van der Waals surface area contributed by atoms with Crippen molar-refractivity contribution in [2.24, 2.45) is 5.92 Å². The lowest BCUT2D eigenvalue weighted by Gasteiger charge is -2.20. The third kappa shape index (κ3) is 4.71. The Balaban J connectivity index is 1.69. The minimum atomic E-state index is -0.934. The van der Waals surface area contributed by atoms with Gasteiger partial charge in [0.25, 0.3) is 0 Å². The zero-order valence-electron chi connectivity index (χ0n) is 15.1. The van der Waals surface area contributed by atoms with Crippen molar-refractivity contribution in [2.75, 3.05) is 0 Å². The number of ether oxygens (including phenoxy) is 2. The smallest absolute Gasteiger partial charge is 0.315 e. The van der Waals surface area contributed by atoms with Gasteiger partial charge in [0.1, 0.15) is 18.6 Å². The van der Waals surface area contributed by atoms with Crippen molar-refractivity contribution in [1.82, 2.24) is 0 Å². The highest BCUT2D eigenvalue weighted by Crippen LogP contribution is 2.40. The second-order valence-electron chi connectivity index (χ2n) is 6.76. The molecule has 1 N–H and O–H groups in total. The number of aliphatic hydroxyl groups excluding tert-OH is 1. The Morgan fingerprint density at radius 3 is 2.42 bits per heavy atom. The van der Waals surface area contributed by atoms with Crippen molar-refractivity contribution in [3.8, 4) is 0 Å². The second-order valence-corrected chi connectivity index (χ2v) is 6.76. The van der Waals surface area contributed by atoms with E-state index in [1.807, 2.05) is 60.7 Å². The molecule has 4 heteroatoms. The molecule has 1 aliphatic rings. The van der Waals surface area contributed by atoms with Gasteiger partial charge in [-0.05, 0) is 17.5 Å². The number of benzene rings is 2. The molecule has 26 heavy (non-hydrogen) atoms. The van der Waals surface area contributed by atoms with Gasteiger partial charge in [-0.3, -0.25) is 4.79 Å². The molecule has 138 valence electrons. The predicted molar refractivity (Wildman–Crippen MR) is 99.3 cm³/mol. The first-order chi connectivity index (χ1) is 12.7. The van der Waals surface area contributed by atoms with Crippen molar-refractivity contribution in [3.05, 3.63) is 71.8 Å². The summed E-state index contributed by atoms with van der Waals surface area (Å²) in [5.74, 6) is -1.11. The molecule has 1 saturated heterocycles. The summed E-state index contributed by atoms with van der Waals surface area (Å²) < 4.78 is 11.2. The average Bonchev–Trinajstić information content (AvgIpc) is 3.45. The molecule has 3 rings (SSSR count). The fourth-order valence-corrected chi connectivity index (χ4v) is 3.24. The van der Waals surface area contributed by atoms with E-state index in [1.165, 1.54) is 0 Å². The van der Waals surface area contributed by atoms with Crippen LogP contribution in [0.1, 0.15) is 43.4 Å². The van der Waals surface area contributed by atoms with Crippen molar-refractivity contribution in [2.45, 2.75) is 51.1 Å². The summed E-state index contributed by atoms with van der Waals surface area (Å²) >= 11 is 0. The van der Waals surface area contributed by atoms with Crippen LogP contribution in [-0.4, -0.2) is 23.3 Å². The minimum Gasteiger partial charge on any atom is -0.460 e. The van der Waals surface area contributed by atoms with Gasteiger partial charge in [-0.25, -0.2) is 0 Å². The van der Waals surface area contributed by atoms with Crippen molar-refractivity contribution < 1.29 is 19.4 Å². The van der Waals surface area contributed by atoms with Gasteiger partial charge in [0, 0.05) is 0 Å². The summed E-state index contributed by atoms with van der Waals surface area (Å²) in [6, 6.07) is 18.8. The summed E-state index contributed by atoms with van der Waals surface area (Å²) in [6.45, 7) is 2.33. The van der Waals surface area contributed by atoms with Crippen LogP contribution in [0, 0.1) is 5.92 Å². The number of esters is 1. The van der Waals surface area contributed by atoms with E-state index < -0.39 is 18.0 Å². The molecule has 1 heterocycles. The largest absolute Gasteiger partial charge is 0.460 e. The maximum atomic E-state index is 12.8. The number of hydrogen-bond donors (Lipinski definition) is 1. The van der Waals surface area contributed by atoms with Gasteiger partial charge in [-0.15, -0.1) is 0 Å². The van der Waals surface area contributed by atoms with E-state index in [0.29, 0.717) is 5.56 Å². The normalized spacial score (nSPS) is 21.0. The van der Waals surface area contributed by atoms with Crippen molar-refractivity contribution in [3.63, 3.8) is 0 Å². The molecule has 4 nitrogen and oxygen atoms in total. The molecule has 1 aliphatic heterocycles. The zero-order chi connectivity index (χ0) is 18.4. The maximum Gasteiger partial charge on any atom is 0.315 e. The second kappa shape index (κ2) is 8.97. The summed E-state index contributed by atoms with van der Waals surface area (Å²) in [5, 5.41) is 10.8. The SMILES string of the molecule is CCCC[C@H]1O[C@H]1[C@@H](C(=O)OCc1ccccc1)[C@@H](O)c1ccccc1. The van der Waals surface area contributed by atoms with Gasteiger partial charge in [0.05, 0.1) is 12.2 Å². The molecular weight excluding hydrogens is 328 g/mol. The van der Waals surface area contributed by atoms with Crippen LogP contribution >= 0.6 is 0 Å². The van der Waals surface area contributed by atoms with Crippen molar-refractivity contribution >= 4 is 5.97 Å². The Kier molecular flexibility index (Phi) is 6.42. The van der Waals surface area contributed by atoms with Gasteiger partial charge in [0.15, 0.2) is 0 Å². The lowest BCUT2D eigenvalue weighted by Crippen LogP contribution is -2.30. The summed E-state index contributed by atoms with van der Waals surface area (Å²) in [4.78, 5) is 12.8. The van der Waals surface area contributed by atoms with Crippen LogP contribution in [0.25, 0.3) is 0 Å². The van der Waals surface area contributed by atoms with Gasteiger partial charge < -0.3 is 14.6 Å². The molecule has 1 fully saturated rings. The molecule has 0 unspecified atom stereocenters. The van der Waals surface area contributed by atoms with E-state index in [-0.39, 0.29) is 18.8 Å². The van der Waals surface area contributed by atoms with Crippen LogP contribution in [-0.2, 0) is 20.9 Å². The molecule has 0 saturated carbocycles. The summed E-state index contributed by atoms with van der Waals surface area (Å²) in [7, 11) is 0. The van der Waals surface area contributed by atoms with E-state index in [9.17, 15) is 9.90 Å². The number of rotatable bonds is 9. The van der Waals surface area contributed by atoms with Gasteiger partial charge in [0.2, 0.25) is 0 Å². The van der Waals surface area contributed by atoms with E-state index in [4.69, 9.17) is 9.47 Å². The average molecular weight is 354 g/mol. The first kappa shape index (κ1) is 18.6. The van der Waals surface area contributed by atoms with Crippen LogP contribution in [0.2, 0.25) is 0 Å². The van der Waals surface area contributed by atoms with Crippen LogP contribution in [0.5, 0.6) is 0 Å². The number of epoxide rings is 1. The number of carbonyl (C=O) groups excluding carboxylic acids is 1. The number of hydrogen-bond acceptors (Lipinski definition) is 4. The standard InChI is InChI=1S/C22H26O4/c1-2-3-14-18-21(26-18)19(20(23)17-12-8-5-9-13-17)22(24)25-15-16-10-6-4-7-11-16/h4-13,18-21,23H,2-3,14-15H2,1H3/t18-,19+,20+,21-/m1/s1. The predicted octanol–water partition coefficient (Wildman–Crippen LogP) is 4.04. The number of aliphatic hydroxyl groups is 1. The molecule has 0 aliphatic carbocycles. The first-order valence-corrected chi connectivity index (χ1v) is 9.29. The van der Waals surface area contributed by atoms with E-state index in [1.54, 1.807) is 0 Å². The highest BCUT2D eigenvalue weighted by molar-refractivity contribution is 5.74. The Labute approximate surface area is 154 Å². The molecule has 0 spiro atoms. The molecule has 0 bridgehead atoms. The van der Waals surface area contributed by atoms with Gasteiger partial charge in [-0.2, -0.15) is 0 Å². The van der Waals surface area contributed by atoms with Gasteiger partial charge >= 0.3 is 5.97 Å². The molecule has 0 amide bonds. The molecular formula is C22H26O4. The zero-order valence-corrected chi connectivity index (χ0v) is 15.1. The molecule has 0 aromatic heterocycles. The van der Waals surface area contributed by atoms with Crippen LogP contribution < -0.4 is 0 Å². The Morgan fingerprint density at radius 1 is 1.12 bits per heavy atom. The van der Waals surface area contributed by atoms with E-state index in [2.05, 4.69) is 6.92 Å². The fourth-order valence-electron chi connectivity index (χ4n) is 3.24.